The Morgan fingerprint density at radius 1 is 0.962 bits per heavy atom. The molecule has 0 unspecified atom stereocenters. The Balaban J connectivity index is 1.81. The van der Waals surface area contributed by atoms with Crippen molar-refractivity contribution in [3.63, 3.8) is 0 Å². The van der Waals surface area contributed by atoms with Crippen molar-refractivity contribution < 1.29 is 13.2 Å². The van der Waals surface area contributed by atoms with Crippen LogP contribution in [0.4, 0.5) is 5.69 Å². The van der Waals surface area contributed by atoms with Gasteiger partial charge in [-0.1, -0.05) is 48.5 Å². The number of nitrogens with one attached hydrogen (secondary N) is 2. The van der Waals surface area contributed by atoms with Crippen LogP contribution in [0, 0.1) is 6.92 Å². The van der Waals surface area contributed by atoms with E-state index in [4.69, 9.17) is 0 Å². The van der Waals surface area contributed by atoms with Gasteiger partial charge in [-0.15, -0.1) is 0 Å². The molecule has 5 nitrogen and oxygen atoms in total. The number of hydrogen-bond acceptors (Lipinski definition) is 3. The maximum Gasteiger partial charge on any atom is 0.251 e. The number of fused-ring (bicyclic) bond motifs is 1. The first-order valence-corrected chi connectivity index (χ1v) is 10.1. The lowest BCUT2D eigenvalue weighted by Crippen LogP contribution is -2.24. The van der Waals surface area contributed by atoms with Gasteiger partial charge in [-0.2, -0.15) is 0 Å². The Bertz CT molecular complexity index is 1070. The van der Waals surface area contributed by atoms with Gasteiger partial charge in [-0.3, -0.25) is 9.52 Å². The lowest BCUT2D eigenvalue weighted by atomic mass is 10.0. The molecule has 0 aliphatic heterocycles. The first-order valence-electron chi connectivity index (χ1n) is 8.17. The van der Waals surface area contributed by atoms with Gasteiger partial charge in [0.15, 0.2) is 0 Å². The molecule has 26 heavy (non-hydrogen) atoms. The van der Waals surface area contributed by atoms with Crippen molar-refractivity contribution in [3.05, 3.63) is 77.4 Å². The van der Waals surface area contributed by atoms with Gasteiger partial charge in [-0.25, -0.2) is 8.42 Å². The summed E-state index contributed by atoms with van der Waals surface area (Å²) < 4.78 is 25.4. The maximum atomic E-state index is 12.6. The molecule has 0 radical (unpaired) electrons. The average Bonchev–Trinajstić information content (AvgIpc) is 2.60. The zero-order valence-electron chi connectivity index (χ0n) is 14.6. The molecule has 3 aromatic rings. The number of anilines is 1. The van der Waals surface area contributed by atoms with E-state index in [0.717, 1.165) is 22.6 Å². The van der Waals surface area contributed by atoms with Gasteiger partial charge in [-0.05, 0) is 41.0 Å². The van der Waals surface area contributed by atoms with Crippen LogP contribution in [0.2, 0.25) is 0 Å². The highest BCUT2D eigenvalue weighted by atomic mass is 32.2. The second-order valence-electron chi connectivity index (χ2n) is 6.17. The van der Waals surface area contributed by atoms with Crippen LogP contribution in [-0.4, -0.2) is 20.6 Å². The van der Waals surface area contributed by atoms with Crippen molar-refractivity contribution >= 4 is 32.4 Å². The third-order valence-electron chi connectivity index (χ3n) is 4.19. The SMILES string of the molecule is Cc1c(NS(C)(=O)=O)cccc1C(=O)NCc1cccc2ccccc12. The van der Waals surface area contributed by atoms with Crippen LogP contribution in [0.5, 0.6) is 0 Å². The molecule has 6 heteroatoms. The van der Waals surface area contributed by atoms with Crippen molar-refractivity contribution in [2.45, 2.75) is 13.5 Å². The molecule has 0 heterocycles. The highest BCUT2D eigenvalue weighted by Gasteiger charge is 2.14. The van der Waals surface area contributed by atoms with Crippen molar-refractivity contribution in [2.24, 2.45) is 0 Å². The summed E-state index contributed by atoms with van der Waals surface area (Å²) in [7, 11) is -3.40. The Labute approximate surface area is 153 Å². The van der Waals surface area contributed by atoms with Gasteiger partial charge < -0.3 is 5.32 Å². The van der Waals surface area contributed by atoms with Crippen LogP contribution in [-0.2, 0) is 16.6 Å². The van der Waals surface area contributed by atoms with E-state index in [9.17, 15) is 13.2 Å². The van der Waals surface area contributed by atoms with E-state index in [1.165, 1.54) is 0 Å². The summed E-state index contributed by atoms with van der Waals surface area (Å²) >= 11 is 0. The highest BCUT2D eigenvalue weighted by molar-refractivity contribution is 7.92. The Hall–Kier alpha value is -2.86. The van der Waals surface area contributed by atoms with Crippen LogP contribution in [0.25, 0.3) is 10.8 Å². The van der Waals surface area contributed by atoms with Crippen molar-refractivity contribution in [1.29, 1.82) is 0 Å². The third kappa shape index (κ3) is 4.03. The first kappa shape index (κ1) is 17.9. The minimum absolute atomic E-state index is 0.243. The van der Waals surface area contributed by atoms with Crippen molar-refractivity contribution in [1.82, 2.24) is 5.32 Å². The van der Waals surface area contributed by atoms with Gasteiger partial charge >= 0.3 is 0 Å². The van der Waals surface area contributed by atoms with E-state index in [1.54, 1.807) is 25.1 Å². The Morgan fingerprint density at radius 3 is 2.42 bits per heavy atom. The maximum absolute atomic E-state index is 12.6. The van der Waals surface area contributed by atoms with Gasteiger partial charge in [0.2, 0.25) is 10.0 Å². The van der Waals surface area contributed by atoms with E-state index < -0.39 is 10.0 Å². The zero-order valence-corrected chi connectivity index (χ0v) is 15.4. The molecule has 0 atom stereocenters. The monoisotopic (exact) mass is 368 g/mol. The molecule has 3 aromatic carbocycles. The Morgan fingerprint density at radius 2 is 1.65 bits per heavy atom. The summed E-state index contributed by atoms with van der Waals surface area (Å²) in [6.07, 6.45) is 1.08. The van der Waals surface area contributed by atoms with Crippen LogP contribution >= 0.6 is 0 Å². The molecule has 0 bridgehead atoms. The van der Waals surface area contributed by atoms with Crippen LogP contribution < -0.4 is 10.0 Å². The summed E-state index contributed by atoms with van der Waals surface area (Å²) in [6, 6.07) is 19.0. The predicted octanol–water partition coefficient (Wildman–Crippen LogP) is 3.45. The summed E-state index contributed by atoms with van der Waals surface area (Å²) in [6.45, 7) is 2.11. The minimum Gasteiger partial charge on any atom is -0.348 e. The second-order valence-corrected chi connectivity index (χ2v) is 7.92. The fourth-order valence-electron chi connectivity index (χ4n) is 2.91. The van der Waals surface area contributed by atoms with Crippen molar-refractivity contribution in [2.75, 3.05) is 11.0 Å². The van der Waals surface area contributed by atoms with Gasteiger partial charge in [0.25, 0.3) is 5.91 Å². The molecule has 0 aromatic heterocycles. The molecule has 1 amide bonds. The summed E-state index contributed by atoms with van der Waals surface area (Å²) in [4.78, 5) is 12.6. The van der Waals surface area contributed by atoms with E-state index in [0.29, 0.717) is 23.4 Å². The van der Waals surface area contributed by atoms with Gasteiger partial charge in [0, 0.05) is 12.1 Å². The number of hydrogen-bond donors (Lipinski definition) is 2. The largest absolute Gasteiger partial charge is 0.348 e. The summed E-state index contributed by atoms with van der Waals surface area (Å²) in [5, 5.41) is 5.14. The first-order chi connectivity index (χ1) is 12.3. The van der Waals surface area contributed by atoms with Gasteiger partial charge in [0.05, 0.1) is 11.9 Å². The summed E-state index contributed by atoms with van der Waals surface area (Å²) in [5.74, 6) is -0.243. The normalized spacial score (nSPS) is 11.3. The smallest absolute Gasteiger partial charge is 0.251 e. The molecular weight excluding hydrogens is 348 g/mol. The lowest BCUT2D eigenvalue weighted by Gasteiger charge is -2.13. The quantitative estimate of drug-likeness (QED) is 0.724. The highest BCUT2D eigenvalue weighted by Crippen LogP contribution is 2.21. The molecule has 0 spiro atoms. The number of amides is 1. The second kappa shape index (κ2) is 7.17. The fraction of sp³-hybridized carbons (Fsp3) is 0.150. The van der Waals surface area contributed by atoms with Crippen LogP contribution in [0.15, 0.2) is 60.7 Å². The Kier molecular flexibility index (Phi) is 4.95. The average molecular weight is 368 g/mol. The summed E-state index contributed by atoms with van der Waals surface area (Å²) in [5.41, 5.74) is 2.47. The topological polar surface area (TPSA) is 75.3 Å². The molecular formula is C20H20N2O3S. The van der Waals surface area contributed by atoms with E-state index in [1.807, 2.05) is 42.5 Å². The molecule has 0 saturated heterocycles. The molecule has 134 valence electrons. The minimum atomic E-state index is -3.40. The molecule has 2 N–H and O–H groups in total. The number of sulfonamides is 1. The van der Waals surface area contributed by atoms with E-state index in [2.05, 4.69) is 10.0 Å². The van der Waals surface area contributed by atoms with E-state index in [-0.39, 0.29) is 5.91 Å². The molecule has 0 saturated carbocycles. The third-order valence-corrected chi connectivity index (χ3v) is 4.78. The molecule has 0 fully saturated rings. The van der Waals surface area contributed by atoms with Crippen LogP contribution in [0.1, 0.15) is 21.5 Å². The predicted molar refractivity (Wildman–Crippen MR) is 105 cm³/mol. The molecule has 0 aliphatic carbocycles. The van der Waals surface area contributed by atoms with Crippen molar-refractivity contribution in [3.8, 4) is 0 Å². The standard InChI is InChI=1S/C20H20N2O3S/c1-14-17(11-6-12-19(14)22-26(2,24)25)20(23)21-13-16-9-5-8-15-7-3-4-10-18(15)16/h3-12,22H,13H2,1-2H3,(H,21,23). The number of carbonyl (C=O) groups is 1. The zero-order chi connectivity index (χ0) is 18.7. The van der Waals surface area contributed by atoms with Crippen LogP contribution in [0.3, 0.4) is 0 Å². The number of rotatable bonds is 5. The van der Waals surface area contributed by atoms with Gasteiger partial charge in [0.1, 0.15) is 0 Å². The fourth-order valence-corrected chi connectivity index (χ4v) is 3.53. The number of carbonyl (C=O) groups excluding carboxylic acids is 1. The lowest BCUT2D eigenvalue weighted by molar-refractivity contribution is 0.0950. The molecule has 0 aliphatic rings. The van der Waals surface area contributed by atoms with E-state index >= 15 is 0 Å². The number of benzene rings is 3. The molecule has 3 rings (SSSR count).